The maximum atomic E-state index is 13.5. The van der Waals surface area contributed by atoms with Gasteiger partial charge in [0.15, 0.2) is 11.5 Å². The van der Waals surface area contributed by atoms with Crippen LogP contribution in [0.2, 0.25) is 0 Å². The lowest BCUT2D eigenvalue weighted by atomic mass is 10.2. The number of alkyl halides is 2. The fraction of sp³-hybridized carbons (Fsp3) is 0.263. The number of aromatic nitrogens is 2. The monoisotopic (exact) mass is 497 g/mol. The highest BCUT2D eigenvalue weighted by atomic mass is 79.9. The summed E-state index contributed by atoms with van der Waals surface area (Å²) in [5.41, 5.74) is 2.03. The topological polar surface area (TPSA) is 56.3 Å². The zero-order valence-corrected chi connectivity index (χ0v) is 17.8. The molecule has 0 amide bonds. The molecule has 0 aliphatic carbocycles. The Kier molecular flexibility index (Phi) is 6.84. The van der Waals surface area contributed by atoms with E-state index in [1.165, 1.54) is 12.4 Å². The van der Waals surface area contributed by atoms with Gasteiger partial charge in [-0.15, -0.1) is 0 Å². The van der Waals surface area contributed by atoms with Crippen molar-refractivity contribution in [2.75, 3.05) is 29.2 Å². The van der Waals surface area contributed by atoms with Gasteiger partial charge in [0.2, 0.25) is 0 Å². The van der Waals surface area contributed by atoms with Gasteiger partial charge < -0.3 is 14.8 Å². The number of hydrogen-bond acceptors (Lipinski definition) is 5. The lowest BCUT2D eigenvalue weighted by molar-refractivity contribution is 0.292. The summed E-state index contributed by atoms with van der Waals surface area (Å²) in [7, 11) is 0. The van der Waals surface area contributed by atoms with Crippen LogP contribution >= 0.6 is 31.9 Å². The molecule has 0 aliphatic heterocycles. The summed E-state index contributed by atoms with van der Waals surface area (Å²) >= 11 is 6.72. The van der Waals surface area contributed by atoms with Crippen molar-refractivity contribution >= 4 is 54.3 Å². The fourth-order valence-electron chi connectivity index (χ4n) is 2.55. The summed E-state index contributed by atoms with van der Waals surface area (Å²) in [5.74, 6) is 1.62. The lowest BCUT2D eigenvalue weighted by Crippen LogP contribution is -2.04. The van der Waals surface area contributed by atoms with Gasteiger partial charge in [-0.05, 0) is 36.8 Å². The summed E-state index contributed by atoms with van der Waals surface area (Å²) in [6.45, 7) is 2.74. The molecular formula is C19H18Br2FN3O2. The van der Waals surface area contributed by atoms with Crippen molar-refractivity contribution in [3.63, 3.8) is 0 Å². The predicted molar refractivity (Wildman–Crippen MR) is 113 cm³/mol. The Morgan fingerprint density at radius 2 is 1.70 bits per heavy atom. The smallest absolute Gasteiger partial charge is 0.163 e. The SMILES string of the molecule is Cc1cc(Nc2ncnc3cc(OCCBr)c(OCCBr)cc23)ccc1F. The molecule has 1 N–H and O–H groups in total. The van der Waals surface area contributed by atoms with Gasteiger partial charge in [-0.3, -0.25) is 0 Å². The van der Waals surface area contributed by atoms with Crippen LogP contribution in [0.4, 0.5) is 15.9 Å². The molecule has 0 fully saturated rings. The Morgan fingerprint density at radius 3 is 2.37 bits per heavy atom. The first-order chi connectivity index (χ1) is 13.1. The molecule has 2 aromatic carbocycles. The van der Waals surface area contributed by atoms with Crippen LogP contribution in [0.5, 0.6) is 11.5 Å². The van der Waals surface area contributed by atoms with Gasteiger partial charge in [-0.25, -0.2) is 14.4 Å². The molecular weight excluding hydrogens is 481 g/mol. The largest absolute Gasteiger partial charge is 0.489 e. The van der Waals surface area contributed by atoms with Gasteiger partial charge in [0.05, 0.1) is 18.7 Å². The van der Waals surface area contributed by atoms with Crippen LogP contribution in [0.15, 0.2) is 36.7 Å². The summed E-state index contributed by atoms with van der Waals surface area (Å²) < 4.78 is 25.1. The third-order valence-corrected chi connectivity index (χ3v) is 4.44. The molecule has 0 unspecified atom stereocenters. The van der Waals surface area contributed by atoms with E-state index in [4.69, 9.17) is 9.47 Å². The maximum Gasteiger partial charge on any atom is 0.163 e. The molecule has 0 bridgehead atoms. The highest BCUT2D eigenvalue weighted by Crippen LogP contribution is 2.35. The van der Waals surface area contributed by atoms with Gasteiger partial charge >= 0.3 is 0 Å². The second-order valence-electron chi connectivity index (χ2n) is 5.70. The van der Waals surface area contributed by atoms with Crippen molar-refractivity contribution in [3.8, 4) is 11.5 Å². The van der Waals surface area contributed by atoms with E-state index in [2.05, 4.69) is 47.1 Å². The minimum atomic E-state index is -0.243. The Balaban J connectivity index is 2.01. The minimum Gasteiger partial charge on any atom is -0.489 e. The van der Waals surface area contributed by atoms with E-state index in [1.54, 1.807) is 19.1 Å². The molecule has 0 saturated heterocycles. The fourth-order valence-corrected chi connectivity index (χ4v) is 2.87. The molecule has 0 radical (unpaired) electrons. The van der Waals surface area contributed by atoms with Crippen molar-refractivity contribution in [2.24, 2.45) is 0 Å². The number of nitrogens with zero attached hydrogens (tertiary/aromatic N) is 2. The number of anilines is 2. The first-order valence-electron chi connectivity index (χ1n) is 8.32. The molecule has 3 aromatic rings. The Labute approximate surface area is 173 Å². The Morgan fingerprint density at radius 1 is 1.00 bits per heavy atom. The third-order valence-electron chi connectivity index (χ3n) is 3.79. The van der Waals surface area contributed by atoms with E-state index in [0.29, 0.717) is 46.8 Å². The quantitative estimate of drug-likeness (QED) is 0.423. The summed E-state index contributed by atoms with van der Waals surface area (Å²) in [5, 5.41) is 5.43. The van der Waals surface area contributed by atoms with Gasteiger partial charge in [0.1, 0.15) is 18.0 Å². The highest BCUT2D eigenvalue weighted by molar-refractivity contribution is 9.09. The predicted octanol–water partition coefficient (Wildman–Crippen LogP) is 5.37. The van der Waals surface area contributed by atoms with E-state index in [-0.39, 0.29) is 5.82 Å². The molecule has 0 saturated carbocycles. The van der Waals surface area contributed by atoms with Crippen LogP contribution in [0.1, 0.15) is 5.56 Å². The number of fused-ring (bicyclic) bond motifs is 1. The van der Waals surface area contributed by atoms with Crippen LogP contribution in [0, 0.1) is 12.7 Å². The number of benzene rings is 2. The normalized spacial score (nSPS) is 10.8. The van der Waals surface area contributed by atoms with Crippen molar-refractivity contribution in [1.82, 2.24) is 9.97 Å². The Hall–Kier alpha value is -1.93. The van der Waals surface area contributed by atoms with Gasteiger partial charge in [0, 0.05) is 27.8 Å². The molecule has 27 heavy (non-hydrogen) atoms. The zero-order chi connectivity index (χ0) is 19.2. The molecule has 1 aromatic heterocycles. The van der Waals surface area contributed by atoms with E-state index < -0.39 is 0 Å². The van der Waals surface area contributed by atoms with Crippen LogP contribution in [0.3, 0.4) is 0 Å². The number of hydrogen-bond donors (Lipinski definition) is 1. The second-order valence-corrected chi connectivity index (χ2v) is 7.29. The maximum absolute atomic E-state index is 13.5. The summed E-state index contributed by atoms with van der Waals surface area (Å²) in [6.07, 6.45) is 1.48. The molecule has 0 spiro atoms. The number of halogens is 3. The average Bonchev–Trinajstić information content (AvgIpc) is 2.67. The van der Waals surface area contributed by atoms with E-state index in [0.717, 1.165) is 16.6 Å². The van der Waals surface area contributed by atoms with E-state index >= 15 is 0 Å². The lowest BCUT2D eigenvalue weighted by Gasteiger charge is -2.14. The first kappa shape index (κ1) is 19.8. The van der Waals surface area contributed by atoms with Gasteiger partial charge in [-0.2, -0.15) is 0 Å². The minimum absolute atomic E-state index is 0.243. The molecule has 1 heterocycles. The molecule has 5 nitrogen and oxygen atoms in total. The van der Waals surface area contributed by atoms with Crippen molar-refractivity contribution in [3.05, 3.63) is 48.0 Å². The summed E-state index contributed by atoms with van der Waals surface area (Å²) in [4.78, 5) is 8.68. The van der Waals surface area contributed by atoms with Crippen LogP contribution in [-0.2, 0) is 0 Å². The Bertz CT molecular complexity index is 940. The average molecular weight is 499 g/mol. The van der Waals surface area contributed by atoms with Gasteiger partial charge in [0.25, 0.3) is 0 Å². The van der Waals surface area contributed by atoms with Crippen LogP contribution < -0.4 is 14.8 Å². The number of nitrogens with one attached hydrogen (secondary N) is 1. The number of ether oxygens (including phenoxy) is 2. The van der Waals surface area contributed by atoms with E-state index in [9.17, 15) is 4.39 Å². The molecule has 142 valence electrons. The van der Waals surface area contributed by atoms with Crippen LogP contribution in [-0.4, -0.2) is 33.8 Å². The molecule has 3 rings (SSSR count). The molecule has 0 atom stereocenters. The van der Waals surface area contributed by atoms with Crippen molar-refractivity contribution < 1.29 is 13.9 Å². The second kappa shape index (κ2) is 9.32. The van der Waals surface area contributed by atoms with Crippen molar-refractivity contribution in [2.45, 2.75) is 6.92 Å². The number of rotatable bonds is 8. The van der Waals surface area contributed by atoms with Gasteiger partial charge in [-0.1, -0.05) is 31.9 Å². The van der Waals surface area contributed by atoms with Crippen LogP contribution in [0.25, 0.3) is 10.9 Å². The summed E-state index contributed by atoms with van der Waals surface area (Å²) in [6, 6.07) is 8.54. The number of aryl methyl sites for hydroxylation is 1. The highest BCUT2D eigenvalue weighted by Gasteiger charge is 2.13. The molecule has 0 aliphatic rings. The molecule has 8 heteroatoms. The standard InChI is InChI=1S/C19H18Br2FN3O2/c1-12-8-13(2-3-15(12)22)25-19-14-9-17(26-6-4-20)18(27-7-5-21)10-16(14)23-11-24-19/h2-3,8-11H,4-7H2,1H3,(H,23,24,25). The zero-order valence-electron chi connectivity index (χ0n) is 14.6. The third kappa shape index (κ3) is 4.87. The van der Waals surface area contributed by atoms with E-state index in [1.807, 2.05) is 12.1 Å². The first-order valence-corrected chi connectivity index (χ1v) is 10.6. The van der Waals surface area contributed by atoms with Crippen molar-refractivity contribution in [1.29, 1.82) is 0 Å².